The van der Waals surface area contributed by atoms with E-state index < -0.39 is 5.82 Å². The van der Waals surface area contributed by atoms with E-state index in [2.05, 4.69) is 15.0 Å². The van der Waals surface area contributed by atoms with Crippen molar-refractivity contribution < 1.29 is 9.13 Å². The third-order valence-corrected chi connectivity index (χ3v) is 6.35. The van der Waals surface area contributed by atoms with Gasteiger partial charge in [0.25, 0.3) is 5.56 Å². The molecule has 0 unspecified atom stereocenters. The summed E-state index contributed by atoms with van der Waals surface area (Å²) in [5, 5.41) is 4.54. The first-order valence-corrected chi connectivity index (χ1v) is 11.0. The van der Waals surface area contributed by atoms with E-state index in [0.717, 1.165) is 11.3 Å². The second-order valence-electron chi connectivity index (χ2n) is 8.30. The van der Waals surface area contributed by atoms with Gasteiger partial charge >= 0.3 is 0 Å². The third kappa shape index (κ3) is 3.89. The van der Waals surface area contributed by atoms with Gasteiger partial charge in [-0.15, -0.1) is 0 Å². The van der Waals surface area contributed by atoms with Crippen LogP contribution < -0.4 is 10.5 Å². The summed E-state index contributed by atoms with van der Waals surface area (Å²) in [6.45, 7) is 5.32. The summed E-state index contributed by atoms with van der Waals surface area (Å²) >= 11 is 5.98. The molecule has 7 nitrogen and oxygen atoms in total. The minimum Gasteiger partial charge on any atom is -0.370 e. The summed E-state index contributed by atoms with van der Waals surface area (Å²) in [6, 6.07) is 8.17. The smallest absolute Gasteiger partial charge is 0.261 e. The number of anilines is 1. The zero-order valence-electron chi connectivity index (χ0n) is 18.5. The molecule has 9 heteroatoms. The molecule has 1 aromatic carbocycles. The lowest BCUT2D eigenvalue weighted by Gasteiger charge is -2.34. The van der Waals surface area contributed by atoms with Crippen LogP contribution in [0.15, 0.2) is 47.5 Å². The molecule has 0 radical (unpaired) electrons. The SMILES string of the molecule is Cc1nc2cc(N3CCO[C@H](c4cnn(C)c4)C3)cc(-c3ccc(Cl)cc3F)n2c(=O)c1C. The fraction of sp³-hybridized carbons (Fsp3) is 0.292. The minimum absolute atomic E-state index is 0.144. The van der Waals surface area contributed by atoms with Gasteiger partial charge in [0.1, 0.15) is 17.6 Å². The van der Waals surface area contributed by atoms with Crippen molar-refractivity contribution in [3.05, 3.63) is 80.7 Å². The lowest BCUT2D eigenvalue weighted by atomic mass is 10.1. The van der Waals surface area contributed by atoms with Crippen molar-refractivity contribution >= 4 is 22.9 Å². The van der Waals surface area contributed by atoms with Gasteiger partial charge in [-0.2, -0.15) is 5.10 Å². The first-order chi connectivity index (χ1) is 15.8. The van der Waals surface area contributed by atoms with Crippen LogP contribution in [-0.2, 0) is 11.8 Å². The first kappa shape index (κ1) is 21.6. The number of halogens is 2. The van der Waals surface area contributed by atoms with Crippen LogP contribution in [0.2, 0.25) is 5.02 Å². The van der Waals surface area contributed by atoms with Crippen LogP contribution in [0.4, 0.5) is 10.1 Å². The predicted molar refractivity (Wildman–Crippen MR) is 125 cm³/mol. The van der Waals surface area contributed by atoms with Crippen molar-refractivity contribution in [2.24, 2.45) is 7.05 Å². The van der Waals surface area contributed by atoms with Crippen molar-refractivity contribution in [1.82, 2.24) is 19.2 Å². The molecule has 0 spiro atoms. The number of pyridine rings is 1. The molecule has 4 heterocycles. The number of hydrogen-bond donors (Lipinski definition) is 0. The van der Waals surface area contributed by atoms with Gasteiger partial charge in [-0.3, -0.25) is 13.9 Å². The van der Waals surface area contributed by atoms with Gasteiger partial charge in [-0.1, -0.05) is 11.6 Å². The molecule has 3 aromatic heterocycles. The van der Waals surface area contributed by atoms with Crippen LogP contribution in [0.3, 0.4) is 0 Å². The maximum atomic E-state index is 15.0. The molecular weight excluding hydrogens is 445 g/mol. The number of morpholine rings is 1. The highest BCUT2D eigenvalue weighted by Gasteiger charge is 2.25. The average Bonchev–Trinajstić information content (AvgIpc) is 3.23. The Labute approximate surface area is 195 Å². The molecule has 4 aromatic rings. The van der Waals surface area contributed by atoms with Crippen LogP contribution >= 0.6 is 11.6 Å². The van der Waals surface area contributed by atoms with E-state index >= 15 is 0 Å². The largest absolute Gasteiger partial charge is 0.370 e. The highest BCUT2D eigenvalue weighted by Crippen LogP contribution is 2.32. The zero-order valence-corrected chi connectivity index (χ0v) is 19.3. The molecule has 170 valence electrons. The monoisotopic (exact) mass is 467 g/mol. The van der Waals surface area contributed by atoms with Gasteiger partial charge in [0.2, 0.25) is 0 Å². The Morgan fingerprint density at radius 3 is 2.76 bits per heavy atom. The number of nitrogens with zero attached hydrogens (tertiary/aromatic N) is 5. The minimum atomic E-state index is -0.499. The van der Waals surface area contributed by atoms with E-state index in [4.69, 9.17) is 16.3 Å². The summed E-state index contributed by atoms with van der Waals surface area (Å²) in [5.74, 6) is -0.499. The highest BCUT2D eigenvalue weighted by atomic mass is 35.5. The summed E-state index contributed by atoms with van der Waals surface area (Å²) in [5.41, 5.74) is 3.98. The molecule has 5 rings (SSSR count). The Hall–Kier alpha value is -3.23. The molecule has 0 bridgehead atoms. The fourth-order valence-electron chi connectivity index (χ4n) is 4.21. The lowest BCUT2D eigenvalue weighted by Crippen LogP contribution is -2.38. The number of rotatable bonds is 3. The van der Waals surface area contributed by atoms with Gasteiger partial charge in [0.05, 0.1) is 18.5 Å². The number of aryl methyl sites for hydroxylation is 2. The van der Waals surface area contributed by atoms with Crippen LogP contribution in [0.5, 0.6) is 0 Å². The highest BCUT2D eigenvalue weighted by molar-refractivity contribution is 6.30. The topological polar surface area (TPSA) is 64.7 Å². The number of benzene rings is 1. The van der Waals surface area contributed by atoms with Crippen LogP contribution in [-0.4, -0.2) is 38.9 Å². The maximum absolute atomic E-state index is 15.0. The standard InChI is InChI=1S/C24H23ClFN5O2/c1-14-15(2)28-23-10-18(30-6-7-33-22(13-30)16-11-27-29(3)12-16)9-21(31(23)24(14)32)19-5-4-17(25)8-20(19)26/h4-5,8-12,22H,6-7,13H2,1-3H3/t22-/m0/s1. The predicted octanol–water partition coefficient (Wildman–Crippen LogP) is 4.08. The molecular formula is C24H23ClFN5O2. The summed E-state index contributed by atoms with van der Waals surface area (Å²) in [4.78, 5) is 20.0. The molecule has 1 aliphatic rings. The van der Waals surface area contributed by atoms with Crippen molar-refractivity contribution in [2.75, 3.05) is 24.6 Å². The van der Waals surface area contributed by atoms with E-state index in [1.54, 1.807) is 36.9 Å². The summed E-state index contributed by atoms with van der Waals surface area (Å²) in [7, 11) is 1.87. The van der Waals surface area contributed by atoms with Gasteiger partial charge in [-0.05, 0) is 38.1 Å². The Kier molecular flexibility index (Phi) is 5.42. The molecule has 0 saturated carbocycles. The Morgan fingerprint density at radius 1 is 1.21 bits per heavy atom. The van der Waals surface area contributed by atoms with E-state index in [-0.39, 0.29) is 17.2 Å². The molecule has 1 fully saturated rings. The van der Waals surface area contributed by atoms with Crippen molar-refractivity contribution in [3.8, 4) is 11.3 Å². The summed E-state index contributed by atoms with van der Waals surface area (Å²) in [6.07, 6.45) is 3.60. The number of ether oxygens (including phenoxy) is 1. The molecule has 0 amide bonds. The quantitative estimate of drug-likeness (QED) is 0.454. The third-order valence-electron chi connectivity index (χ3n) is 6.12. The van der Waals surface area contributed by atoms with Crippen LogP contribution in [0, 0.1) is 19.7 Å². The fourth-order valence-corrected chi connectivity index (χ4v) is 4.37. The normalized spacial score (nSPS) is 16.5. The molecule has 33 heavy (non-hydrogen) atoms. The van der Waals surface area contributed by atoms with E-state index in [0.29, 0.717) is 47.3 Å². The van der Waals surface area contributed by atoms with Crippen LogP contribution in [0.1, 0.15) is 22.9 Å². The molecule has 0 aliphatic carbocycles. The Bertz CT molecular complexity index is 1430. The number of hydrogen-bond acceptors (Lipinski definition) is 5. The van der Waals surface area contributed by atoms with Gasteiger partial charge in [0.15, 0.2) is 0 Å². The van der Waals surface area contributed by atoms with Crippen LogP contribution in [0.25, 0.3) is 16.9 Å². The van der Waals surface area contributed by atoms with E-state index in [1.165, 1.54) is 10.5 Å². The van der Waals surface area contributed by atoms with Gasteiger partial charge in [0, 0.05) is 65.5 Å². The molecule has 0 N–H and O–H groups in total. The molecule has 1 saturated heterocycles. The van der Waals surface area contributed by atoms with Gasteiger partial charge in [-0.25, -0.2) is 9.37 Å². The number of fused-ring (bicyclic) bond motifs is 1. The first-order valence-electron chi connectivity index (χ1n) is 10.7. The second kappa shape index (κ2) is 8.28. The van der Waals surface area contributed by atoms with Crippen molar-refractivity contribution in [1.29, 1.82) is 0 Å². The summed E-state index contributed by atoms with van der Waals surface area (Å²) < 4.78 is 24.2. The lowest BCUT2D eigenvalue weighted by molar-refractivity contribution is 0.0397. The van der Waals surface area contributed by atoms with E-state index in [1.807, 2.05) is 25.4 Å². The zero-order chi connectivity index (χ0) is 23.3. The second-order valence-corrected chi connectivity index (χ2v) is 8.73. The molecule has 1 aliphatic heterocycles. The van der Waals surface area contributed by atoms with Crippen molar-refractivity contribution in [3.63, 3.8) is 0 Å². The Balaban J connectivity index is 1.67. The van der Waals surface area contributed by atoms with Gasteiger partial charge < -0.3 is 9.64 Å². The van der Waals surface area contributed by atoms with E-state index in [9.17, 15) is 9.18 Å². The average molecular weight is 468 g/mol. The molecule has 1 atom stereocenters. The number of aromatic nitrogens is 4. The maximum Gasteiger partial charge on any atom is 0.261 e. The van der Waals surface area contributed by atoms with Crippen molar-refractivity contribution in [2.45, 2.75) is 20.0 Å². The Morgan fingerprint density at radius 2 is 2.03 bits per heavy atom.